The topological polar surface area (TPSA) is 198 Å². The van der Waals surface area contributed by atoms with E-state index in [1.807, 2.05) is 60.7 Å². The molecule has 4 N–H and O–H groups in total. The number of carbonyl (C=O) groups excluding carboxylic acids is 3. The number of nitrogens with one attached hydrogen (secondary N) is 3. The molecule has 3 amide bonds. The summed E-state index contributed by atoms with van der Waals surface area (Å²) in [5.74, 6) is -3.49. The van der Waals surface area contributed by atoms with Crippen LogP contribution in [0.5, 0.6) is 0 Å². The molecular formula is C66H62F4N8O7. The number of rotatable bonds is 14. The molecule has 0 spiro atoms. The van der Waals surface area contributed by atoms with Crippen LogP contribution in [0.4, 0.5) is 27.2 Å². The predicted molar refractivity (Wildman–Crippen MR) is 309 cm³/mol. The third-order valence-corrected chi connectivity index (χ3v) is 16.1. The molecule has 2 aliphatic heterocycles. The Morgan fingerprint density at radius 2 is 0.894 bits per heavy atom. The van der Waals surface area contributed by atoms with Gasteiger partial charge in [-0.1, -0.05) is 97.1 Å². The van der Waals surface area contributed by atoms with Crippen molar-refractivity contribution in [2.24, 2.45) is 11.8 Å². The van der Waals surface area contributed by atoms with E-state index in [2.05, 4.69) is 72.3 Å². The zero-order valence-corrected chi connectivity index (χ0v) is 46.3. The molecule has 8 aromatic rings. The number of piperidine rings is 2. The van der Waals surface area contributed by atoms with Crippen molar-refractivity contribution in [3.05, 3.63) is 239 Å². The summed E-state index contributed by atoms with van der Waals surface area (Å²) < 4.78 is 68.2. The van der Waals surface area contributed by atoms with Crippen molar-refractivity contribution >= 4 is 24.1 Å². The van der Waals surface area contributed by atoms with E-state index >= 15 is 0 Å². The number of nitrogens with zero attached hydrogens (tertiary/aromatic N) is 5. The van der Waals surface area contributed by atoms with Crippen LogP contribution in [0.1, 0.15) is 92.1 Å². The summed E-state index contributed by atoms with van der Waals surface area (Å²) in [4.78, 5) is 65.7. The number of carboxylic acids is 1. The smallest absolute Gasteiger partial charge is 0.407 e. The molecule has 15 nitrogen and oxygen atoms in total. The van der Waals surface area contributed by atoms with Crippen molar-refractivity contribution in [1.29, 1.82) is 0 Å². The monoisotopic (exact) mass is 1150 g/mol. The van der Waals surface area contributed by atoms with Crippen LogP contribution in [-0.2, 0) is 22.3 Å². The summed E-state index contributed by atoms with van der Waals surface area (Å²) in [6, 6.07) is 41.7. The van der Waals surface area contributed by atoms with Gasteiger partial charge in [0, 0.05) is 61.8 Å². The van der Waals surface area contributed by atoms with E-state index in [1.165, 1.54) is 42.0 Å². The van der Waals surface area contributed by atoms with E-state index in [0.717, 1.165) is 89.6 Å². The third kappa shape index (κ3) is 14.5. The molecule has 0 saturated carbocycles. The minimum absolute atomic E-state index is 0.0313. The molecule has 85 heavy (non-hydrogen) atoms. The lowest BCUT2D eigenvalue weighted by Crippen LogP contribution is -2.48. The zero-order valence-electron chi connectivity index (χ0n) is 46.3. The van der Waals surface area contributed by atoms with Crippen molar-refractivity contribution in [2.45, 2.75) is 62.4 Å². The number of ether oxygens (including phenoxy) is 2. The van der Waals surface area contributed by atoms with Crippen molar-refractivity contribution in [3.8, 4) is 22.3 Å². The summed E-state index contributed by atoms with van der Waals surface area (Å²) in [7, 11) is 0. The molecule has 4 aliphatic rings. The van der Waals surface area contributed by atoms with E-state index < -0.39 is 47.5 Å². The van der Waals surface area contributed by atoms with Gasteiger partial charge in [0.15, 0.2) is 0 Å². The number of likely N-dealkylation sites (tertiary alicyclic amines) is 1. The summed E-state index contributed by atoms with van der Waals surface area (Å²) in [5, 5.41) is 17.5. The Balaban J connectivity index is 0.000000167. The SMILES string of the molecule is O=C(NC(Cc1cc(F)ccc1F)C1CCN(C(=O)c2ncccn2)CC1)OCC1c2ccccc2-c2ccccc21.O=C(NC(Cc1cc(F)ccc1F)C1CCNCC1)OCC1c2ccccc2-c2ccccc21.O=C(O)c1ncccn1. The van der Waals surface area contributed by atoms with Gasteiger partial charge < -0.3 is 35.4 Å². The molecule has 2 aromatic heterocycles. The Morgan fingerprint density at radius 3 is 1.28 bits per heavy atom. The number of fused-ring (bicyclic) bond motifs is 6. The van der Waals surface area contributed by atoms with Gasteiger partial charge in [0.1, 0.15) is 36.5 Å². The largest absolute Gasteiger partial charge is 0.475 e. The molecule has 12 rings (SSSR count). The number of carbonyl (C=O) groups is 4. The van der Waals surface area contributed by atoms with Crippen LogP contribution in [0.25, 0.3) is 22.3 Å². The van der Waals surface area contributed by atoms with Gasteiger partial charge in [0.05, 0.1) is 0 Å². The highest BCUT2D eigenvalue weighted by molar-refractivity contribution is 5.90. The number of amides is 3. The first-order chi connectivity index (χ1) is 41.4. The lowest BCUT2D eigenvalue weighted by molar-refractivity contribution is 0.0649. The maximum Gasteiger partial charge on any atom is 0.407 e. The van der Waals surface area contributed by atoms with Gasteiger partial charge in [0.25, 0.3) is 5.91 Å². The van der Waals surface area contributed by atoms with Crippen LogP contribution < -0.4 is 16.0 Å². The van der Waals surface area contributed by atoms with Crippen LogP contribution in [0.3, 0.4) is 0 Å². The van der Waals surface area contributed by atoms with Gasteiger partial charge in [-0.05, 0) is 168 Å². The van der Waals surface area contributed by atoms with E-state index in [4.69, 9.17) is 14.6 Å². The van der Waals surface area contributed by atoms with Gasteiger partial charge in [-0.25, -0.2) is 51.9 Å². The lowest BCUT2D eigenvalue weighted by Gasteiger charge is -2.36. The van der Waals surface area contributed by atoms with Crippen LogP contribution >= 0.6 is 0 Å². The first kappa shape index (κ1) is 58.8. The summed E-state index contributed by atoms with van der Waals surface area (Å²) in [5.41, 5.74) is 9.53. The summed E-state index contributed by atoms with van der Waals surface area (Å²) in [6.07, 6.45) is 7.81. The summed E-state index contributed by atoms with van der Waals surface area (Å²) in [6.45, 7) is 2.88. The fourth-order valence-corrected chi connectivity index (χ4v) is 11.8. The summed E-state index contributed by atoms with van der Waals surface area (Å²) >= 11 is 0. The highest BCUT2D eigenvalue weighted by Crippen LogP contribution is 2.46. The van der Waals surface area contributed by atoms with E-state index in [1.54, 1.807) is 17.0 Å². The highest BCUT2D eigenvalue weighted by atomic mass is 19.1. The van der Waals surface area contributed by atoms with Crippen LogP contribution in [0.2, 0.25) is 0 Å². The number of hydrogen-bond acceptors (Lipinski definition) is 11. The maximum atomic E-state index is 14.6. The van der Waals surface area contributed by atoms with Gasteiger partial charge in [-0.15, -0.1) is 0 Å². The molecule has 6 aromatic carbocycles. The zero-order chi connectivity index (χ0) is 59.2. The second-order valence-electron chi connectivity index (χ2n) is 21.2. The number of hydrogen-bond donors (Lipinski definition) is 4. The van der Waals surface area contributed by atoms with Crippen molar-refractivity contribution < 1.29 is 51.3 Å². The molecule has 0 bridgehead atoms. The van der Waals surface area contributed by atoms with Gasteiger partial charge in [0.2, 0.25) is 11.6 Å². The molecule has 2 atom stereocenters. The lowest BCUT2D eigenvalue weighted by atomic mass is 9.85. The van der Waals surface area contributed by atoms with Crippen LogP contribution in [0, 0.1) is 35.1 Å². The first-order valence-corrected chi connectivity index (χ1v) is 28.3. The van der Waals surface area contributed by atoms with Crippen LogP contribution in [0.15, 0.2) is 170 Å². The Morgan fingerprint density at radius 1 is 0.518 bits per heavy atom. The molecule has 2 saturated heterocycles. The van der Waals surface area contributed by atoms with Gasteiger partial charge in [-0.2, -0.15) is 0 Å². The number of halogens is 4. The molecule has 0 radical (unpaired) electrons. The first-order valence-electron chi connectivity index (χ1n) is 28.3. The number of benzene rings is 6. The predicted octanol–water partition coefficient (Wildman–Crippen LogP) is 11.3. The molecule has 2 aliphatic carbocycles. The molecular weight excluding hydrogens is 1090 g/mol. The Bertz CT molecular complexity index is 3540. The molecule has 4 heterocycles. The number of alkyl carbamates (subject to hydrolysis) is 2. The Hall–Kier alpha value is -9.36. The second-order valence-corrected chi connectivity index (χ2v) is 21.2. The standard InChI is InChI=1S/C33H30F2N4O3.C28H28F2N2O2.C5H4N2O2/c34-23-10-11-29(35)22(18-23)19-30(21-12-16-39(17-13-21)32(40)31-36-14-5-15-37-31)38-33(41)42-20-28-26-8-3-1-6-24(26)25-7-2-4-9-27(25)28;29-20-9-10-26(30)19(15-20)16-27(18-11-13-31-14-12-18)32-28(33)34-17-25-23-7-3-1-5-21(23)22-6-2-4-8-24(22)25;8-5(9)4-6-2-1-3-7-4/h1-11,14-15,18,21,28,30H,12-13,16-17,19-20H2,(H,38,41);1-10,15,18,25,27,31H,11-14,16-17H2,(H,32,33);1-3H,(H,8,9). The van der Waals surface area contributed by atoms with E-state index in [0.29, 0.717) is 25.9 Å². The van der Waals surface area contributed by atoms with E-state index in [9.17, 15) is 36.7 Å². The molecule has 19 heteroatoms. The van der Waals surface area contributed by atoms with Crippen LogP contribution in [-0.4, -0.2) is 105 Å². The average Bonchev–Trinajstić information content (AvgIpc) is 3.15. The van der Waals surface area contributed by atoms with Gasteiger partial charge in [-0.3, -0.25) is 4.79 Å². The Kier molecular flexibility index (Phi) is 19.2. The fraction of sp³-hybridized carbons (Fsp3) is 0.273. The van der Waals surface area contributed by atoms with Gasteiger partial charge >= 0.3 is 18.2 Å². The average molecular weight is 1160 g/mol. The number of aromatic carboxylic acids is 1. The quantitative estimate of drug-likeness (QED) is 0.0753. The van der Waals surface area contributed by atoms with Crippen molar-refractivity contribution in [3.63, 3.8) is 0 Å². The third-order valence-electron chi connectivity index (χ3n) is 16.1. The minimum Gasteiger partial charge on any atom is -0.475 e. The number of aromatic nitrogens is 4. The fourth-order valence-electron chi connectivity index (χ4n) is 11.8. The maximum absolute atomic E-state index is 14.6. The van der Waals surface area contributed by atoms with Crippen molar-refractivity contribution in [2.75, 3.05) is 39.4 Å². The second kappa shape index (κ2) is 27.8. The molecule has 2 unspecified atom stereocenters. The molecule has 436 valence electrons. The minimum atomic E-state index is -1.10. The van der Waals surface area contributed by atoms with E-state index in [-0.39, 0.29) is 84.5 Å². The van der Waals surface area contributed by atoms with Crippen molar-refractivity contribution in [1.82, 2.24) is 40.8 Å². The highest BCUT2D eigenvalue weighted by Gasteiger charge is 2.35. The number of carboxylic acid groups (broad SMARTS) is 1. The Labute approximate surface area is 488 Å². The molecule has 2 fully saturated rings. The normalized spacial score (nSPS) is 15.2.